The molecule has 0 unspecified atom stereocenters. The zero-order chi connectivity index (χ0) is 19.5. The molecule has 0 aliphatic rings. The molecule has 0 fully saturated rings. The number of aryl methyl sites for hydroxylation is 1. The van der Waals surface area contributed by atoms with Crippen molar-refractivity contribution in [2.75, 3.05) is 17.5 Å². The highest BCUT2D eigenvalue weighted by Gasteiger charge is 2.18. The van der Waals surface area contributed by atoms with Gasteiger partial charge in [-0.1, -0.05) is 22.0 Å². The van der Waals surface area contributed by atoms with Crippen molar-refractivity contribution in [1.29, 1.82) is 0 Å². The minimum absolute atomic E-state index is 0.114. The van der Waals surface area contributed by atoms with E-state index in [2.05, 4.69) is 20.7 Å². The zero-order valence-corrected chi connectivity index (χ0v) is 17.1. The highest BCUT2D eigenvalue weighted by Crippen LogP contribution is 2.21. The molecule has 0 atom stereocenters. The number of nitrogens with one attached hydrogen (secondary N) is 1. The number of anilines is 1. The van der Waals surface area contributed by atoms with Crippen molar-refractivity contribution in [1.82, 2.24) is 4.90 Å². The molecule has 0 saturated carbocycles. The summed E-state index contributed by atoms with van der Waals surface area (Å²) in [5.41, 5.74) is 1.78. The smallest absolute Gasteiger partial charge is 0.254 e. The molecular weight excluding hydrogens is 423 g/mol. The minimum Gasteiger partial charge on any atom is -0.334 e. The van der Waals surface area contributed by atoms with Gasteiger partial charge in [0.15, 0.2) is 0 Å². The predicted molar refractivity (Wildman–Crippen MR) is 104 cm³/mol. The van der Waals surface area contributed by atoms with Crippen LogP contribution in [0.2, 0.25) is 0 Å². The van der Waals surface area contributed by atoms with Crippen LogP contribution in [0.15, 0.2) is 40.9 Å². The monoisotopic (exact) mass is 442 g/mol. The zero-order valence-electron chi connectivity index (χ0n) is 14.7. The van der Waals surface area contributed by atoms with Crippen LogP contribution in [-0.4, -0.2) is 32.0 Å². The number of rotatable bonds is 6. The lowest BCUT2D eigenvalue weighted by Gasteiger charge is -2.22. The molecule has 1 amide bonds. The number of carbonyl (C=O) groups excluding carboxylic acids is 1. The van der Waals surface area contributed by atoms with E-state index in [9.17, 15) is 17.6 Å². The number of amides is 1. The number of hydrogen-bond donors (Lipinski definition) is 1. The van der Waals surface area contributed by atoms with Crippen LogP contribution in [0.1, 0.15) is 28.4 Å². The molecule has 2 rings (SSSR count). The molecule has 2 aromatic carbocycles. The second kappa shape index (κ2) is 8.18. The molecule has 0 aliphatic heterocycles. The number of hydrogen-bond acceptors (Lipinski definition) is 3. The fourth-order valence-electron chi connectivity index (χ4n) is 2.44. The minimum atomic E-state index is -3.46. The molecule has 1 N–H and O–H groups in total. The Morgan fingerprint density at radius 3 is 2.54 bits per heavy atom. The first-order valence-corrected chi connectivity index (χ1v) is 10.6. The third-order valence-electron chi connectivity index (χ3n) is 3.82. The Labute approximate surface area is 161 Å². The normalized spacial score (nSPS) is 11.3. The van der Waals surface area contributed by atoms with Gasteiger partial charge in [0.05, 0.1) is 11.9 Å². The molecule has 8 heteroatoms. The summed E-state index contributed by atoms with van der Waals surface area (Å²) in [4.78, 5) is 14.3. The van der Waals surface area contributed by atoms with Crippen molar-refractivity contribution in [2.24, 2.45) is 0 Å². The second-order valence-corrected chi connectivity index (χ2v) is 8.62. The fraction of sp³-hybridized carbons (Fsp3) is 0.278. The van der Waals surface area contributed by atoms with Crippen molar-refractivity contribution in [3.05, 3.63) is 63.4 Å². The van der Waals surface area contributed by atoms with Crippen molar-refractivity contribution >= 4 is 37.5 Å². The lowest BCUT2D eigenvalue weighted by molar-refractivity contribution is 0.0751. The van der Waals surface area contributed by atoms with E-state index >= 15 is 0 Å². The van der Waals surface area contributed by atoms with E-state index in [1.807, 2.05) is 0 Å². The van der Waals surface area contributed by atoms with Crippen molar-refractivity contribution < 1.29 is 17.6 Å². The summed E-state index contributed by atoms with van der Waals surface area (Å²) in [6.07, 6.45) is 1.05. The molecule has 0 heterocycles. The molecule has 140 valence electrons. The van der Waals surface area contributed by atoms with E-state index < -0.39 is 10.0 Å². The second-order valence-electron chi connectivity index (χ2n) is 5.96. The van der Waals surface area contributed by atoms with Gasteiger partial charge in [-0.2, -0.15) is 0 Å². The van der Waals surface area contributed by atoms with E-state index in [-0.39, 0.29) is 18.3 Å². The van der Waals surface area contributed by atoms with E-state index in [0.29, 0.717) is 28.9 Å². The Hall–Kier alpha value is -1.93. The van der Waals surface area contributed by atoms with Gasteiger partial charge in [-0.05, 0) is 49.7 Å². The third-order valence-corrected chi connectivity index (χ3v) is 4.90. The molecular formula is C18H20BrFN2O3S. The van der Waals surface area contributed by atoms with Crippen molar-refractivity contribution in [3.63, 3.8) is 0 Å². The van der Waals surface area contributed by atoms with Crippen LogP contribution in [0.3, 0.4) is 0 Å². The average Bonchev–Trinajstić information content (AvgIpc) is 2.55. The summed E-state index contributed by atoms with van der Waals surface area (Å²) >= 11 is 3.30. The summed E-state index contributed by atoms with van der Waals surface area (Å²) in [5, 5.41) is 0. The van der Waals surface area contributed by atoms with Gasteiger partial charge in [-0.3, -0.25) is 9.52 Å². The standard InChI is InChI=1S/C18H20BrFN2O3S/c1-4-22(11-14-9-15(19)7-8-16(14)20)18(23)13-6-5-12(2)17(10-13)21-26(3,24)25/h5-10,21H,4,11H2,1-3H3. The van der Waals surface area contributed by atoms with E-state index in [1.54, 1.807) is 38.1 Å². The number of sulfonamides is 1. The quantitative estimate of drug-likeness (QED) is 0.736. The van der Waals surface area contributed by atoms with Gasteiger partial charge in [0.25, 0.3) is 5.91 Å². The van der Waals surface area contributed by atoms with Crippen molar-refractivity contribution in [2.45, 2.75) is 20.4 Å². The molecule has 0 aromatic heterocycles. The largest absolute Gasteiger partial charge is 0.334 e. The molecule has 0 spiro atoms. The maximum absolute atomic E-state index is 14.0. The molecule has 0 saturated heterocycles. The van der Waals surface area contributed by atoms with Crippen LogP contribution in [0.25, 0.3) is 0 Å². The number of benzene rings is 2. The third kappa shape index (κ3) is 5.28. The Balaban J connectivity index is 2.30. The van der Waals surface area contributed by atoms with Gasteiger partial charge in [-0.15, -0.1) is 0 Å². The predicted octanol–water partition coefficient (Wildman–Crippen LogP) is 3.93. The Morgan fingerprint density at radius 2 is 1.92 bits per heavy atom. The van der Waals surface area contributed by atoms with Crippen LogP contribution in [0.5, 0.6) is 0 Å². The first-order valence-electron chi connectivity index (χ1n) is 7.92. The van der Waals surface area contributed by atoms with Gasteiger partial charge >= 0.3 is 0 Å². The Kier molecular flexibility index (Phi) is 6.41. The SMILES string of the molecule is CCN(Cc1cc(Br)ccc1F)C(=O)c1ccc(C)c(NS(C)(=O)=O)c1. The topological polar surface area (TPSA) is 66.5 Å². The summed E-state index contributed by atoms with van der Waals surface area (Å²) in [6, 6.07) is 9.38. The lowest BCUT2D eigenvalue weighted by atomic mass is 10.1. The van der Waals surface area contributed by atoms with Gasteiger partial charge < -0.3 is 4.90 Å². The van der Waals surface area contributed by atoms with E-state index in [1.165, 1.54) is 17.0 Å². The summed E-state index contributed by atoms with van der Waals surface area (Å²) < 4.78 is 40.1. The Morgan fingerprint density at radius 1 is 1.23 bits per heavy atom. The van der Waals surface area contributed by atoms with Crippen molar-refractivity contribution in [3.8, 4) is 0 Å². The average molecular weight is 443 g/mol. The molecule has 26 heavy (non-hydrogen) atoms. The van der Waals surface area contributed by atoms with Gasteiger partial charge in [0.1, 0.15) is 5.82 Å². The highest BCUT2D eigenvalue weighted by atomic mass is 79.9. The first-order chi connectivity index (χ1) is 12.1. The summed E-state index contributed by atoms with van der Waals surface area (Å²) in [6.45, 7) is 4.05. The highest BCUT2D eigenvalue weighted by molar-refractivity contribution is 9.10. The molecule has 0 aliphatic carbocycles. The summed E-state index contributed by atoms with van der Waals surface area (Å²) in [5.74, 6) is -0.689. The molecule has 2 aromatic rings. The molecule has 0 bridgehead atoms. The van der Waals surface area contributed by atoms with Gasteiger partial charge in [-0.25, -0.2) is 12.8 Å². The maximum atomic E-state index is 14.0. The van der Waals surface area contributed by atoms with Crippen LogP contribution in [0, 0.1) is 12.7 Å². The number of carbonyl (C=O) groups is 1. The van der Waals surface area contributed by atoms with Crippen LogP contribution in [0.4, 0.5) is 10.1 Å². The first kappa shape index (κ1) is 20.4. The van der Waals surface area contributed by atoms with Crippen LogP contribution < -0.4 is 4.72 Å². The molecule has 0 radical (unpaired) electrons. The summed E-state index contributed by atoms with van der Waals surface area (Å²) in [7, 11) is -3.46. The van der Waals surface area contributed by atoms with Gasteiger partial charge in [0.2, 0.25) is 10.0 Å². The van der Waals surface area contributed by atoms with Crippen LogP contribution in [-0.2, 0) is 16.6 Å². The van der Waals surface area contributed by atoms with E-state index in [0.717, 1.165) is 10.7 Å². The van der Waals surface area contributed by atoms with Crippen LogP contribution >= 0.6 is 15.9 Å². The number of halogens is 2. The Bertz CT molecular complexity index is 932. The number of nitrogens with zero attached hydrogens (tertiary/aromatic N) is 1. The lowest BCUT2D eigenvalue weighted by Crippen LogP contribution is -2.30. The van der Waals surface area contributed by atoms with E-state index in [4.69, 9.17) is 0 Å². The maximum Gasteiger partial charge on any atom is 0.254 e. The van der Waals surface area contributed by atoms with Gasteiger partial charge in [0, 0.05) is 28.7 Å². The molecule has 5 nitrogen and oxygen atoms in total. The fourth-order valence-corrected chi connectivity index (χ4v) is 3.47.